The maximum absolute atomic E-state index is 12.8. The van der Waals surface area contributed by atoms with Crippen LogP contribution in [0.25, 0.3) is 0 Å². The number of aromatic nitrogens is 1. The molecule has 2 N–H and O–H groups in total. The molecule has 1 aliphatic rings. The van der Waals surface area contributed by atoms with E-state index in [4.69, 9.17) is 0 Å². The van der Waals surface area contributed by atoms with E-state index in [9.17, 15) is 9.59 Å². The Morgan fingerprint density at radius 1 is 1.11 bits per heavy atom. The SMILES string of the molecule is CC(C)NC(=O)C1CCCC(NC(=O)c2cccn2CCc2ccccc2)C1. The fourth-order valence-corrected chi connectivity index (χ4v) is 3.93. The zero-order chi connectivity index (χ0) is 19.9. The molecule has 1 aromatic heterocycles. The van der Waals surface area contributed by atoms with Crippen molar-refractivity contribution in [3.63, 3.8) is 0 Å². The lowest BCUT2D eigenvalue weighted by Crippen LogP contribution is -2.44. The molecular weight excluding hydrogens is 350 g/mol. The number of rotatable bonds is 7. The summed E-state index contributed by atoms with van der Waals surface area (Å²) in [5.74, 6) is 0.0551. The predicted molar refractivity (Wildman–Crippen MR) is 111 cm³/mol. The van der Waals surface area contributed by atoms with Crippen LogP contribution < -0.4 is 10.6 Å². The van der Waals surface area contributed by atoms with Gasteiger partial charge in [0, 0.05) is 30.7 Å². The van der Waals surface area contributed by atoms with Gasteiger partial charge in [-0.2, -0.15) is 0 Å². The summed E-state index contributed by atoms with van der Waals surface area (Å²) >= 11 is 0. The van der Waals surface area contributed by atoms with Crippen LogP contribution in [-0.2, 0) is 17.8 Å². The molecule has 0 bridgehead atoms. The number of benzene rings is 1. The van der Waals surface area contributed by atoms with Crippen molar-refractivity contribution >= 4 is 11.8 Å². The van der Waals surface area contributed by atoms with Crippen molar-refractivity contribution in [3.8, 4) is 0 Å². The average molecular weight is 382 g/mol. The second kappa shape index (κ2) is 9.58. The van der Waals surface area contributed by atoms with Crippen molar-refractivity contribution in [1.82, 2.24) is 15.2 Å². The summed E-state index contributed by atoms with van der Waals surface area (Å²) in [6.07, 6.45) is 6.36. The molecule has 1 aromatic carbocycles. The standard InChI is InChI=1S/C23H31N3O2/c1-17(2)24-22(27)19-10-6-11-20(16-19)25-23(28)21-12-7-14-26(21)15-13-18-8-4-3-5-9-18/h3-5,7-9,12,14,17,19-20H,6,10-11,13,15-16H2,1-2H3,(H,24,27)(H,25,28). The molecule has 0 aliphatic heterocycles. The normalized spacial score (nSPS) is 19.4. The molecule has 2 atom stereocenters. The Morgan fingerprint density at radius 2 is 1.89 bits per heavy atom. The number of nitrogens with one attached hydrogen (secondary N) is 2. The number of hydrogen-bond donors (Lipinski definition) is 2. The molecule has 1 saturated carbocycles. The minimum Gasteiger partial charge on any atom is -0.354 e. The maximum Gasteiger partial charge on any atom is 0.268 e. The van der Waals surface area contributed by atoms with Crippen LogP contribution in [0, 0.1) is 5.92 Å². The molecular formula is C23H31N3O2. The lowest BCUT2D eigenvalue weighted by atomic mass is 9.85. The monoisotopic (exact) mass is 381 g/mol. The summed E-state index contributed by atoms with van der Waals surface area (Å²) in [6.45, 7) is 4.72. The van der Waals surface area contributed by atoms with Crippen molar-refractivity contribution < 1.29 is 9.59 Å². The first-order valence-electron chi connectivity index (χ1n) is 10.3. The van der Waals surface area contributed by atoms with Crippen LogP contribution in [0.3, 0.4) is 0 Å². The molecule has 0 spiro atoms. The zero-order valence-electron chi connectivity index (χ0n) is 16.9. The first-order chi connectivity index (χ1) is 13.5. The van der Waals surface area contributed by atoms with Gasteiger partial charge in [-0.1, -0.05) is 36.8 Å². The number of hydrogen-bond acceptors (Lipinski definition) is 2. The van der Waals surface area contributed by atoms with Gasteiger partial charge in [0.05, 0.1) is 0 Å². The Hall–Kier alpha value is -2.56. The highest BCUT2D eigenvalue weighted by Crippen LogP contribution is 2.25. The van der Waals surface area contributed by atoms with Crippen LogP contribution in [0.2, 0.25) is 0 Å². The number of carbonyl (C=O) groups is 2. The molecule has 1 fully saturated rings. The molecule has 1 heterocycles. The zero-order valence-corrected chi connectivity index (χ0v) is 16.9. The summed E-state index contributed by atoms with van der Waals surface area (Å²) < 4.78 is 2.01. The van der Waals surface area contributed by atoms with Gasteiger partial charge in [0.15, 0.2) is 0 Å². The average Bonchev–Trinajstić information content (AvgIpc) is 3.16. The first kappa shape index (κ1) is 20.2. The van der Waals surface area contributed by atoms with Gasteiger partial charge in [0.1, 0.15) is 5.69 Å². The quantitative estimate of drug-likeness (QED) is 0.770. The number of amides is 2. The van der Waals surface area contributed by atoms with E-state index in [1.807, 2.05) is 54.9 Å². The van der Waals surface area contributed by atoms with Gasteiger partial charge < -0.3 is 15.2 Å². The minimum atomic E-state index is -0.0482. The summed E-state index contributed by atoms with van der Waals surface area (Å²) in [5, 5.41) is 6.16. The van der Waals surface area contributed by atoms with Crippen molar-refractivity contribution in [1.29, 1.82) is 0 Å². The number of carbonyl (C=O) groups excluding carboxylic acids is 2. The molecule has 2 amide bonds. The Labute approximate surface area is 167 Å². The highest BCUT2D eigenvalue weighted by Gasteiger charge is 2.28. The van der Waals surface area contributed by atoms with E-state index in [1.165, 1.54) is 5.56 Å². The van der Waals surface area contributed by atoms with Crippen molar-refractivity contribution in [2.24, 2.45) is 5.92 Å². The van der Waals surface area contributed by atoms with Crippen molar-refractivity contribution in [2.75, 3.05) is 0 Å². The lowest BCUT2D eigenvalue weighted by Gasteiger charge is -2.29. The van der Waals surface area contributed by atoms with E-state index < -0.39 is 0 Å². The van der Waals surface area contributed by atoms with Gasteiger partial charge in [-0.15, -0.1) is 0 Å². The molecule has 3 rings (SSSR count). The third-order valence-electron chi connectivity index (χ3n) is 5.36. The molecule has 0 saturated heterocycles. The third-order valence-corrected chi connectivity index (χ3v) is 5.36. The second-order valence-corrected chi connectivity index (χ2v) is 8.02. The van der Waals surface area contributed by atoms with Gasteiger partial charge in [-0.05, 0) is 57.2 Å². The first-order valence-corrected chi connectivity index (χ1v) is 10.3. The number of aryl methyl sites for hydroxylation is 2. The van der Waals surface area contributed by atoms with Crippen LogP contribution in [0.15, 0.2) is 48.7 Å². The second-order valence-electron chi connectivity index (χ2n) is 8.02. The molecule has 150 valence electrons. The van der Waals surface area contributed by atoms with Gasteiger partial charge in [0.2, 0.25) is 5.91 Å². The summed E-state index contributed by atoms with van der Waals surface area (Å²) in [5.41, 5.74) is 1.94. The van der Waals surface area contributed by atoms with E-state index in [0.717, 1.165) is 38.6 Å². The summed E-state index contributed by atoms with van der Waals surface area (Å²) in [6, 6.07) is 14.3. The van der Waals surface area contributed by atoms with E-state index in [2.05, 4.69) is 22.8 Å². The van der Waals surface area contributed by atoms with E-state index >= 15 is 0 Å². The lowest BCUT2D eigenvalue weighted by molar-refractivity contribution is -0.126. The van der Waals surface area contributed by atoms with Crippen molar-refractivity contribution in [3.05, 3.63) is 59.9 Å². The Bertz CT molecular complexity index is 782. The molecule has 28 heavy (non-hydrogen) atoms. The van der Waals surface area contributed by atoms with Crippen molar-refractivity contribution in [2.45, 2.75) is 64.6 Å². The predicted octanol–water partition coefficient (Wildman–Crippen LogP) is 3.54. The maximum atomic E-state index is 12.8. The molecule has 5 heteroatoms. The van der Waals surface area contributed by atoms with Crippen LogP contribution >= 0.6 is 0 Å². The molecule has 5 nitrogen and oxygen atoms in total. The number of nitrogens with zero attached hydrogens (tertiary/aromatic N) is 1. The topological polar surface area (TPSA) is 63.1 Å². The Morgan fingerprint density at radius 3 is 2.64 bits per heavy atom. The van der Waals surface area contributed by atoms with Gasteiger partial charge in [-0.25, -0.2) is 0 Å². The van der Waals surface area contributed by atoms with E-state index in [1.54, 1.807) is 0 Å². The van der Waals surface area contributed by atoms with E-state index in [-0.39, 0.29) is 29.8 Å². The molecule has 1 aliphatic carbocycles. The highest BCUT2D eigenvalue weighted by molar-refractivity contribution is 5.93. The van der Waals surface area contributed by atoms with Crippen LogP contribution in [-0.4, -0.2) is 28.5 Å². The highest BCUT2D eigenvalue weighted by atomic mass is 16.2. The summed E-state index contributed by atoms with van der Waals surface area (Å²) in [4.78, 5) is 25.1. The fraction of sp³-hybridized carbons (Fsp3) is 0.478. The Balaban J connectivity index is 1.56. The smallest absolute Gasteiger partial charge is 0.268 e. The third kappa shape index (κ3) is 5.47. The van der Waals surface area contributed by atoms with Crippen LogP contribution in [0.4, 0.5) is 0 Å². The minimum absolute atomic E-state index is 0.00804. The Kier molecular flexibility index (Phi) is 6.90. The largest absolute Gasteiger partial charge is 0.354 e. The van der Waals surface area contributed by atoms with Gasteiger partial charge >= 0.3 is 0 Å². The molecule has 2 unspecified atom stereocenters. The van der Waals surface area contributed by atoms with E-state index in [0.29, 0.717) is 5.69 Å². The van der Waals surface area contributed by atoms with Crippen LogP contribution in [0.1, 0.15) is 55.6 Å². The van der Waals surface area contributed by atoms with Crippen LogP contribution in [0.5, 0.6) is 0 Å². The van der Waals surface area contributed by atoms with Gasteiger partial charge in [0.25, 0.3) is 5.91 Å². The molecule has 2 aromatic rings. The summed E-state index contributed by atoms with van der Waals surface area (Å²) in [7, 11) is 0. The fourth-order valence-electron chi connectivity index (χ4n) is 3.93. The van der Waals surface area contributed by atoms with Gasteiger partial charge in [-0.3, -0.25) is 9.59 Å². The molecule has 0 radical (unpaired) electrons.